The summed E-state index contributed by atoms with van der Waals surface area (Å²) >= 11 is 0. The third kappa shape index (κ3) is 5.35. The van der Waals surface area contributed by atoms with Crippen LogP contribution in [-0.4, -0.2) is 25.1 Å². The molecule has 1 saturated heterocycles. The van der Waals surface area contributed by atoms with Crippen molar-refractivity contribution in [2.24, 2.45) is 11.0 Å². The Morgan fingerprint density at radius 3 is 2.69 bits per heavy atom. The van der Waals surface area contributed by atoms with E-state index in [2.05, 4.69) is 28.0 Å². The van der Waals surface area contributed by atoms with E-state index in [9.17, 15) is 9.59 Å². The van der Waals surface area contributed by atoms with E-state index in [1.165, 1.54) is 6.21 Å². The van der Waals surface area contributed by atoms with Gasteiger partial charge in [-0.2, -0.15) is 5.10 Å². The van der Waals surface area contributed by atoms with Crippen molar-refractivity contribution in [3.63, 3.8) is 0 Å². The largest absolute Gasteiger partial charge is 0.493 e. The molecule has 0 aliphatic carbocycles. The maximum absolute atomic E-state index is 12.0. The Balaban J connectivity index is 1.55. The first-order chi connectivity index (χ1) is 14.1. The number of benzene rings is 2. The second-order valence-electron chi connectivity index (χ2n) is 6.37. The quantitative estimate of drug-likeness (QED) is 0.469. The van der Waals surface area contributed by atoms with Crippen molar-refractivity contribution < 1.29 is 19.1 Å². The lowest BCUT2D eigenvalue weighted by Gasteiger charge is -2.11. The van der Waals surface area contributed by atoms with Gasteiger partial charge in [0, 0.05) is 12.1 Å². The van der Waals surface area contributed by atoms with Crippen LogP contribution < -0.4 is 25.8 Å². The van der Waals surface area contributed by atoms with E-state index < -0.39 is 5.92 Å². The number of amides is 2. The fraction of sp³-hybridized carbons (Fsp3) is 0.190. The lowest BCUT2D eigenvalue weighted by atomic mass is 10.0. The summed E-state index contributed by atoms with van der Waals surface area (Å²) < 4.78 is 11.2. The molecule has 2 aromatic carbocycles. The van der Waals surface area contributed by atoms with Gasteiger partial charge in [-0.15, -0.1) is 0 Å². The van der Waals surface area contributed by atoms with Crippen LogP contribution in [0, 0.1) is 5.92 Å². The number of carbonyl (C=O) groups is 2. The van der Waals surface area contributed by atoms with E-state index in [0.717, 1.165) is 11.1 Å². The molecule has 3 N–H and O–H groups in total. The summed E-state index contributed by atoms with van der Waals surface area (Å²) in [6.07, 6.45) is 1.45. The molecule has 8 heteroatoms. The van der Waals surface area contributed by atoms with Crippen LogP contribution in [0.25, 0.3) is 0 Å². The summed E-state index contributed by atoms with van der Waals surface area (Å²) in [6.45, 7) is 4.12. The van der Waals surface area contributed by atoms with Crippen LogP contribution >= 0.6 is 0 Å². The Hall–Kier alpha value is -3.81. The van der Waals surface area contributed by atoms with E-state index in [1.54, 1.807) is 25.3 Å². The lowest BCUT2D eigenvalue weighted by Crippen LogP contribution is -2.27. The summed E-state index contributed by atoms with van der Waals surface area (Å²) in [4.78, 5) is 23.5. The van der Waals surface area contributed by atoms with Gasteiger partial charge in [-0.1, -0.05) is 36.9 Å². The molecule has 1 fully saturated rings. The Morgan fingerprint density at radius 2 is 2.00 bits per heavy atom. The molecule has 2 amide bonds. The smallest absolute Gasteiger partial charge is 0.247 e. The van der Waals surface area contributed by atoms with E-state index in [4.69, 9.17) is 9.47 Å². The summed E-state index contributed by atoms with van der Waals surface area (Å²) in [7, 11) is 1.56. The minimum absolute atomic E-state index is 0.0371. The Kier molecular flexibility index (Phi) is 6.47. The highest BCUT2D eigenvalue weighted by Crippen LogP contribution is 2.28. The van der Waals surface area contributed by atoms with Crippen molar-refractivity contribution in [3.8, 4) is 11.5 Å². The van der Waals surface area contributed by atoms with Crippen LogP contribution in [-0.2, 0) is 16.2 Å². The zero-order valence-corrected chi connectivity index (χ0v) is 16.0. The Labute approximate surface area is 168 Å². The van der Waals surface area contributed by atoms with Crippen molar-refractivity contribution in [3.05, 3.63) is 71.9 Å². The van der Waals surface area contributed by atoms with E-state index in [1.807, 2.05) is 30.3 Å². The third-order valence-corrected chi connectivity index (χ3v) is 4.30. The minimum atomic E-state index is -0.605. The summed E-state index contributed by atoms with van der Waals surface area (Å²) in [5, 5.41) is 3.93. The maximum atomic E-state index is 12.0. The predicted octanol–water partition coefficient (Wildman–Crippen LogP) is 1.88. The SMILES string of the molecule is C=C1NNC(=O)C1CC(=O)NN=Cc1ccc(OCc2ccccc2)c(OC)c1. The molecule has 0 aromatic heterocycles. The number of hydrazine groups is 1. The van der Waals surface area contributed by atoms with E-state index in [-0.39, 0.29) is 18.2 Å². The second kappa shape index (κ2) is 9.41. The number of hydrazone groups is 1. The Bertz CT molecular complexity index is 912. The second-order valence-corrected chi connectivity index (χ2v) is 6.37. The highest BCUT2D eigenvalue weighted by molar-refractivity contribution is 5.90. The van der Waals surface area contributed by atoms with Gasteiger partial charge in [0.05, 0.1) is 19.2 Å². The molecule has 8 nitrogen and oxygen atoms in total. The molecule has 1 aliphatic heterocycles. The van der Waals surface area contributed by atoms with Crippen molar-refractivity contribution in [2.75, 3.05) is 7.11 Å². The van der Waals surface area contributed by atoms with Crippen LogP contribution in [0.1, 0.15) is 17.5 Å². The first-order valence-electron chi connectivity index (χ1n) is 8.98. The van der Waals surface area contributed by atoms with Crippen molar-refractivity contribution in [1.82, 2.24) is 16.3 Å². The molecule has 0 radical (unpaired) electrons. The van der Waals surface area contributed by atoms with Crippen molar-refractivity contribution in [2.45, 2.75) is 13.0 Å². The van der Waals surface area contributed by atoms with E-state index in [0.29, 0.717) is 23.8 Å². The minimum Gasteiger partial charge on any atom is -0.493 e. The van der Waals surface area contributed by atoms with Gasteiger partial charge in [0.2, 0.25) is 11.8 Å². The average molecular weight is 394 g/mol. The number of hydrogen-bond acceptors (Lipinski definition) is 6. The van der Waals surface area contributed by atoms with E-state index >= 15 is 0 Å². The molecule has 0 bridgehead atoms. The number of hydrogen-bond donors (Lipinski definition) is 3. The molecule has 1 aliphatic rings. The van der Waals surface area contributed by atoms with Gasteiger partial charge in [-0.3, -0.25) is 15.0 Å². The van der Waals surface area contributed by atoms with Gasteiger partial charge in [-0.25, -0.2) is 5.43 Å². The third-order valence-electron chi connectivity index (χ3n) is 4.30. The molecule has 29 heavy (non-hydrogen) atoms. The highest BCUT2D eigenvalue weighted by atomic mass is 16.5. The normalized spacial score (nSPS) is 15.7. The van der Waals surface area contributed by atoms with Crippen LogP contribution in [0.5, 0.6) is 11.5 Å². The number of nitrogens with one attached hydrogen (secondary N) is 3. The predicted molar refractivity (Wildman–Crippen MR) is 108 cm³/mol. The number of rotatable bonds is 8. The monoisotopic (exact) mass is 394 g/mol. The summed E-state index contributed by atoms with van der Waals surface area (Å²) in [5.74, 6) is -0.116. The average Bonchev–Trinajstić information content (AvgIpc) is 3.05. The van der Waals surface area contributed by atoms with Gasteiger partial charge in [0.15, 0.2) is 11.5 Å². The number of nitrogens with zero attached hydrogens (tertiary/aromatic N) is 1. The highest BCUT2D eigenvalue weighted by Gasteiger charge is 2.29. The standard InChI is InChI=1S/C21H22N4O4/c1-14-17(21(27)25-23-14)11-20(26)24-22-12-16-8-9-18(19(10-16)28-2)29-13-15-6-4-3-5-7-15/h3-10,12,17,23H,1,11,13H2,2H3,(H,24,26)(H,25,27). The molecule has 2 aromatic rings. The molecule has 0 saturated carbocycles. The number of carbonyl (C=O) groups excluding carboxylic acids is 2. The van der Waals surface area contributed by atoms with Crippen LogP contribution in [0.3, 0.4) is 0 Å². The zero-order chi connectivity index (χ0) is 20.6. The fourth-order valence-electron chi connectivity index (χ4n) is 2.72. The van der Waals surface area contributed by atoms with Crippen molar-refractivity contribution in [1.29, 1.82) is 0 Å². The lowest BCUT2D eigenvalue weighted by molar-refractivity contribution is -0.127. The van der Waals surface area contributed by atoms with Crippen LogP contribution in [0.4, 0.5) is 0 Å². The zero-order valence-electron chi connectivity index (χ0n) is 16.0. The fourth-order valence-corrected chi connectivity index (χ4v) is 2.72. The van der Waals surface area contributed by atoms with Crippen molar-refractivity contribution >= 4 is 18.0 Å². The van der Waals surface area contributed by atoms with Gasteiger partial charge < -0.3 is 14.9 Å². The molecule has 1 atom stereocenters. The number of ether oxygens (including phenoxy) is 2. The van der Waals surface area contributed by atoms with Gasteiger partial charge in [-0.05, 0) is 29.3 Å². The van der Waals surface area contributed by atoms with Gasteiger partial charge in [0.25, 0.3) is 0 Å². The Morgan fingerprint density at radius 1 is 1.21 bits per heavy atom. The first kappa shape index (κ1) is 19.9. The maximum Gasteiger partial charge on any atom is 0.247 e. The van der Waals surface area contributed by atoms with Crippen LogP contribution in [0.2, 0.25) is 0 Å². The topological polar surface area (TPSA) is 101 Å². The summed E-state index contributed by atoms with van der Waals surface area (Å²) in [5.41, 5.74) is 9.66. The molecule has 3 rings (SSSR count). The van der Waals surface area contributed by atoms with Crippen LogP contribution in [0.15, 0.2) is 65.9 Å². The van der Waals surface area contributed by atoms with Gasteiger partial charge >= 0.3 is 0 Å². The molecule has 1 heterocycles. The molecule has 0 spiro atoms. The summed E-state index contributed by atoms with van der Waals surface area (Å²) in [6, 6.07) is 15.2. The molecule has 1 unspecified atom stereocenters. The first-order valence-corrected chi connectivity index (χ1v) is 8.98. The molecular formula is C21H22N4O4. The number of methoxy groups -OCH3 is 1. The van der Waals surface area contributed by atoms with Gasteiger partial charge in [0.1, 0.15) is 6.61 Å². The molecular weight excluding hydrogens is 372 g/mol. The molecule has 150 valence electrons.